The van der Waals surface area contributed by atoms with Crippen molar-refractivity contribution in [2.75, 3.05) is 24.5 Å². The van der Waals surface area contributed by atoms with E-state index in [0.717, 1.165) is 41.5 Å². The van der Waals surface area contributed by atoms with Crippen LogP contribution in [0.4, 0.5) is 5.69 Å². The van der Waals surface area contributed by atoms with Crippen LogP contribution in [-0.4, -0.2) is 41.5 Å². The Morgan fingerprint density at radius 1 is 1.42 bits per heavy atom. The predicted molar refractivity (Wildman–Crippen MR) is 98.6 cm³/mol. The Labute approximate surface area is 147 Å². The lowest BCUT2D eigenvalue weighted by molar-refractivity contribution is -0.119. The van der Waals surface area contributed by atoms with Gasteiger partial charge in [-0.1, -0.05) is 13.0 Å². The fourth-order valence-corrected chi connectivity index (χ4v) is 4.14. The summed E-state index contributed by atoms with van der Waals surface area (Å²) < 4.78 is 0. The van der Waals surface area contributed by atoms with Crippen molar-refractivity contribution in [2.24, 2.45) is 0 Å². The van der Waals surface area contributed by atoms with Gasteiger partial charge in [0.05, 0.1) is 17.2 Å². The lowest BCUT2D eigenvalue weighted by Crippen LogP contribution is -2.40. The molecule has 0 spiro atoms. The summed E-state index contributed by atoms with van der Waals surface area (Å²) in [5.41, 5.74) is 4.54. The van der Waals surface area contributed by atoms with Gasteiger partial charge in [-0.25, -0.2) is 4.98 Å². The first kappa shape index (κ1) is 15.8. The maximum absolute atomic E-state index is 12.7. The summed E-state index contributed by atoms with van der Waals surface area (Å²) >= 11 is 1.67. The molecule has 0 unspecified atom stereocenters. The second-order valence-corrected chi connectivity index (χ2v) is 7.75. The van der Waals surface area contributed by atoms with Gasteiger partial charge >= 0.3 is 0 Å². The van der Waals surface area contributed by atoms with Crippen LogP contribution in [0, 0.1) is 6.92 Å². The van der Waals surface area contributed by atoms with Crippen molar-refractivity contribution in [2.45, 2.75) is 39.2 Å². The number of anilines is 1. The molecule has 1 aromatic carbocycles. The molecule has 0 saturated heterocycles. The van der Waals surface area contributed by atoms with Gasteiger partial charge in [0.2, 0.25) is 5.91 Å². The number of hydrogen-bond acceptors (Lipinski definition) is 4. The molecule has 1 saturated carbocycles. The molecule has 5 heteroatoms. The summed E-state index contributed by atoms with van der Waals surface area (Å²) in [7, 11) is 0. The Morgan fingerprint density at radius 3 is 2.92 bits per heavy atom. The molecule has 0 atom stereocenters. The molecule has 126 valence electrons. The lowest BCUT2D eigenvalue weighted by Gasteiger charge is -2.24. The van der Waals surface area contributed by atoms with Gasteiger partial charge in [-0.05, 0) is 50.4 Å². The summed E-state index contributed by atoms with van der Waals surface area (Å²) in [5, 5.41) is 3.19. The highest BCUT2D eigenvalue weighted by atomic mass is 32.1. The average Bonchev–Trinajstić information content (AvgIpc) is 3.19. The zero-order chi connectivity index (χ0) is 16.7. The third-order valence-electron chi connectivity index (χ3n) is 5.00. The molecule has 2 aromatic rings. The van der Waals surface area contributed by atoms with Crippen LogP contribution in [-0.2, 0) is 11.2 Å². The van der Waals surface area contributed by atoms with Crippen molar-refractivity contribution in [1.82, 2.24) is 9.88 Å². The van der Waals surface area contributed by atoms with E-state index in [4.69, 9.17) is 0 Å². The topological polar surface area (TPSA) is 36.4 Å². The van der Waals surface area contributed by atoms with Gasteiger partial charge in [0, 0.05) is 29.2 Å². The number of fused-ring (bicyclic) bond motifs is 1. The molecule has 0 bridgehead atoms. The average molecular weight is 341 g/mol. The van der Waals surface area contributed by atoms with Gasteiger partial charge in [-0.15, -0.1) is 11.3 Å². The van der Waals surface area contributed by atoms with Crippen LogP contribution in [0.15, 0.2) is 23.6 Å². The molecule has 2 aliphatic rings. The van der Waals surface area contributed by atoms with Crippen LogP contribution < -0.4 is 4.90 Å². The maximum atomic E-state index is 12.7. The van der Waals surface area contributed by atoms with E-state index in [9.17, 15) is 4.79 Å². The summed E-state index contributed by atoms with van der Waals surface area (Å²) in [4.78, 5) is 21.6. The van der Waals surface area contributed by atoms with Crippen molar-refractivity contribution >= 4 is 22.9 Å². The van der Waals surface area contributed by atoms with Crippen LogP contribution in [0.1, 0.15) is 30.3 Å². The van der Waals surface area contributed by atoms with Crippen LogP contribution in [0.5, 0.6) is 0 Å². The second-order valence-electron chi connectivity index (χ2n) is 6.68. The monoisotopic (exact) mass is 341 g/mol. The van der Waals surface area contributed by atoms with Crippen LogP contribution in [0.2, 0.25) is 0 Å². The molecule has 1 fully saturated rings. The third-order valence-corrected chi connectivity index (χ3v) is 5.77. The number of aromatic nitrogens is 1. The summed E-state index contributed by atoms with van der Waals surface area (Å²) in [6.45, 7) is 6.48. The number of amides is 1. The van der Waals surface area contributed by atoms with Gasteiger partial charge in [-0.2, -0.15) is 0 Å². The first-order valence-corrected chi connectivity index (χ1v) is 9.63. The molecule has 0 N–H and O–H groups in total. The summed E-state index contributed by atoms with van der Waals surface area (Å²) in [6, 6.07) is 7.03. The van der Waals surface area contributed by atoms with E-state index >= 15 is 0 Å². The number of likely N-dealkylation sites (N-methyl/N-ethyl adjacent to an activating group) is 1. The zero-order valence-corrected chi connectivity index (χ0v) is 15.1. The van der Waals surface area contributed by atoms with E-state index in [1.165, 1.54) is 18.4 Å². The normalized spacial score (nSPS) is 16.7. The number of rotatable bonds is 5. The Morgan fingerprint density at radius 2 is 2.25 bits per heavy atom. The van der Waals surface area contributed by atoms with E-state index in [2.05, 4.69) is 40.4 Å². The van der Waals surface area contributed by atoms with Gasteiger partial charge < -0.3 is 4.90 Å². The number of benzene rings is 1. The number of hydrogen-bond donors (Lipinski definition) is 0. The number of carbonyl (C=O) groups is 1. The van der Waals surface area contributed by atoms with Crippen molar-refractivity contribution in [1.29, 1.82) is 0 Å². The minimum atomic E-state index is 0.236. The van der Waals surface area contributed by atoms with Crippen LogP contribution in [0.3, 0.4) is 0 Å². The van der Waals surface area contributed by atoms with Crippen molar-refractivity contribution in [3.63, 3.8) is 0 Å². The Bertz CT molecular complexity index is 766. The highest BCUT2D eigenvalue weighted by Gasteiger charge is 2.32. The first-order valence-electron chi connectivity index (χ1n) is 8.75. The van der Waals surface area contributed by atoms with E-state index < -0.39 is 0 Å². The fourth-order valence-electron chi connectivity index (χ4n) is 3.51. The largest absolute Gasteiger partial charge is 0.311 e. The van der Waals surface area contributed by atoms with Gasteiger partial charge in [0.25, 0.3) is 0 Å². The SMILES string of the molecule is CCN(CC(=O)N1CCc2cc(-c3csc(C)n3)ccc21)C1CC1. The van der Waals surface area contributed by atoms with Gasteiger partial charge in [0.1, 0.15) is 0 Å². The second kappa shape index (κ2) is 6.30. The lowest BCUT2D eigenvalue weighted by atomic mass is 10.1. The molecule has 4 nitrogen and oxygen atoms in total. The molecular formula is C19H23N3OS. The molecule has 1 aliphatic heterocycles. The van der Waals surface area contributed by atoms with Crippen molar-refractivity contribution < 1.29 is 4.79 Å². The van der Waals surface area contributed by atoms with E-state index in [0.29, 0.717) is 12.6 Å². The number of carbonyl (C=O) groups excluding carboxylic acids is 1. The highest BCUT2D eigenvalue weighted by Crippen LogP contribution is 2.33. The molecule has 0 radical (unpaired) electrons. The van der Waals surface area contributed by atoms with Crippen LogP contribution >= 0.6 is 11.3 Å². The van der Waals surface area contributed by atoms with E-state index in [-0.39, 0.29) is 5.91 Å². The Balaban J connectivity index is 1.52. The Kier molecular flexibility index (Phi) is 4.14. The maximum Gasteiger partial charge on any atom is 0.241 e. The molecule has 24 heavy (non-hydrogen) atoms. The summed E-state index contributed by atoms with van der Waals surface area (Å²) in [5.74, 6) is 0.236. The molecule has 1 aromatic heterocycles. The smallest absolute Gasteiger partial charge is 0.241 e. The van der Waals surface area contributed by atoms with Crippen molar-refractivity contribution in [3.05, 3.63) is 34.2 Å². The highest BCUT2D eigenvalue weighted by molar-refractivity contribution is 7.09. The minimum absolute atomic E-state index is 0.236. The summed E-state index contributed by atoms with van der Waals surface area (Å²) in [6.07, 6.45) is 3.43. The first-order chi connectivity index (χ1) is 11.7. The Hall–Kier alpha value is -1.72. The standard InChI is InChI=1S/C19H23N3OS/c1-3-21(16-5-6-16)11-19(23)22-9-8-15-10-14(4-7-18(15)22)17-12-24-13(2)20-17/h4,7,10,12,16H,3,5-6,8-9,11H2,1-2H3. The molecular weight excluding hydrogens is 318 g/mol. The molecule has 2 heterocycles. The predicted octanol–water partition coefficient (Wildman–Crippen LogP) is 3.49. The molecule has 1 aliphatic carbocycles. The molecule has 1 amide bonds. The van der Waals surface area contributed by atoms with Gasteiger partial charge in [-0.3, -0.25) is 9.69 Å². The fraction of sp³-hybridized carbons (Fsp3) is 0.474. The van der Waals surface area contributed by atoms with E-state index in [1.807, 2.05) is 11.8 Å². The number of nitrogens with zero attached hydrogens (tertiary/aromatic N) is 3. The van der Waals surface area contributed by atoms with Gasteiger partial charge in [0.15, 0.2) is 0 Å². The van der Waals surface area contributed by atoms with E-state index in [1.54, 1.807) is 11.3 Å². The quantitative estimate of drug-likeness (QED) is 0.835. The number of aryl methyl sites for hydroxylation is 1. The van der Waals surface area contributed by atoms with Crippen molar-refractivity contribution in [3.8, 4) is 11.3 Å². The number of thiazole rings is 1. The third kappa shape index (κ3) is 2.98. The minimum Gasteiger partial charge on any atom is -0.311 e. The zero-order valence-electron chi connectivity index (χ0n) is 14.3. The molecule has 4 rings (SSSR count). The van der Waals surface area contributed by atoms with Crippen LogP contribution in [0.25, 0.3) is 11.3 Å².